The zero-order valence-corrected chi connectivity index (χ0v) is 16.0. The maximum atomic E-state index is 13.5. The molecule has 0 fully saturated rings. The van der Waals surface area contributed by atoms with Gasteiger partial charge < -0.3 is 9.72 Å². The van der Waals surface area contributed by atoms with E-state index < -0.39 is 0 Å². The number of benzene rings is 2. The van der Waals surface area contributed by atoms with Crippen LogP contribution in [0.1, 0.15) is 43.0 Å². The highest BCUT2D eigenvalue weighted by molar-refractivity contribution is 6.03. The van der Waals surface area contributed by atoms with Gasteiger partial charge in [-0.05, 0) is 50.3 Å². The number of carbonyl (C=O) groups is 1. The summed E-state index contributed by atoms with van der Waals surface area (Å²) in [4.78, 5) is 29.8. The van der Waals surface area contributed by atoms with Crippen molar-refractivity contribution >= 4 is 22.4 Å². The molecule has 4 heteroatoms. The maximum Gasteiger partial charge on any atom is 0.334 e. The lowest BCUT2D eigenvalue weighted by Crippen LogP contribution is -2.20. The van der Waals surface area contributed by atoms with E-state index in [1.54, 1.807) is 6.92 Å². The SMILES string of the molecule is CCOC(=O)/C1=C(\c2ccccc2)c2c([nH]c3ccccc3c2=O)CCCC1. The van der Waals surface area contributed by atoms with E-state index in [4.69, 9.17) is 4.74 Å². The predicted molar refractivity (Wildman–Crippen MR) is 111 cm³/mol. The van der Waals surface area contributed by atoms with Crippen LogP contribution in [0.3, 0.4) is 0 Å². The van der Waals surface area contributed by atoms with E-state index in [1.807, 2.05) is 54.6 Å². The first-order chi connectivity index (χ1) is 13.7. The van der Waals surface area contributed by atoms with Crippen molar-refractivity contribution in [2.75, 3.05) is 6.61 Å². The lowest BCUT2D eigenvalue weighted by molar-refractivity contribution is -0.138. The van der Waals surface area contributed by atoms with Crippen molar-refractivity contribution in [2.24, 2.45) is 0 Å². The summed E-state index contributed by atoms with van der Waals surface area (Å²) in [6, 6.07) is 17.2. The van der Waals surface area contributed by atoms with Gasteiger partial charge in [-0.15, -0.1) is 0 Å². The normalized spacial score (nSPS) is 16.9. The lowest BCUT2D eigenvalue weighted by Gasteiger charge is -2.21. The molecule has 0 atom stereocenters. The van der Waals surface area contributed by atoms with Crippen molar-refractivity contribution in [1.82, 2.24) is 4.98 Å². The van der Waals surface area contributed by atoms with Gasteiger partial charge in [0.2, 0.25) is 0 Å². The second-order valence-corrected chi connectivity index (χ2v) is 7.00. The molecule has 0 aliphatic heterocycles. The topological polar surface area (TPSA) is 59.2 Å². The van der Waals surface area contributed by atoms with Gasteiger partial charge in [0, 0.05) is 27.7 Å². The summed E-state index contributed by atoms with van der Waals surface area (Å²) in [5.74, 6) is -0.332. The van der Waals surface area contributed by atoms with Crippen LogP contribution in [0.2, 0.25) is 0 Å². The number of esters is 1. The minimum Gasteiger partial charge on any atom is -0.463 e. The number of nitrogens with one attached hydrogen (secondary N) is 1. The molecule has 4 rings (SSSR count). The van der Waals surface area contributed by atoms with E-state index >= 15 is 0 Å². The van der Waals surface area contributed by atoms with Gasteiger partial charge in [0.25, 0.3) is 0 Å². The van der Waals surface area contributed by atoms with Gasteiger partial charge in [-0.1, -0.05) is 42.5 Å². The summed E-state index contributed by atoms with van der Waals surface area (Å²) in [7, 11) is 0. The molecule has 0 saturated heterocycles. The highest BCUT2D eigenvalue weighted by Gasteiger charge is 2.26. The number of hydrogen-bond acceptors (Lipinski definition) is 3. The Kier molecular flexibility index (Phi) is 5.11. The van der Waals surface area contributed by atoms with Crippen LogP contribution in [-0.4, -0.2) is 17.6 Å². The first-order valence-electron chi connectivity index (χ1n) is 9.80. The molecule has 2 aromatic carbocycles. The monoisotopic (exact) mass is 373 g/mol. The van der Waals surface area contributed by atoms with Crippen molar-refractivity contribution in [1.29, 1.82) is 0 Å². The van der Waals surface area contributed by atoms with E-state index in [1.165, 1.54) is 0 Å². The summed E-state index contributed by atoms with van der Waals surface area (Å²) in [6.45, 7) is 2.11. The first kappa shape index (κ1) is 18.2. The number of hydrogen-bond donors (Lipinski definition) is 1. The Bertz CT molecular complexity index is 1110. The van der Waals surface area contributed by atoms with Gasteiger partial charge in [-0.2, -0.15) is 0 Å². The number of fused-ring (bicyclic) bond motifs is 2. The van der Waals surface area contributed by atoms with Crippen LogP contribution < -0.4 is 5.43 Å². The molecule has 1 N–H and O–H groups in total. The summed E-state index contributed by atoms with van der Waals surface area (Å²) in [5, 5.41) is 0.637. The number of aryl methyl sites for hydroxylation is 1. The second kappa shape index (κ2) is 7.85. The molecule has 28 heavy (non-hydrogen) atoms. The molecule has 1 aliphatic carbocycles. The van der Waals surface area contributed by atoms with Crippen molar-refractivity contribution in [2.45, 2.75) is 32.6 Å². The Morgan fingerprint density at radius 3 is 2.50 bits per heavy atom. The average molecular weight is 373 g/mol. The zero-order chi connectivity index (χ0) is 19.5. The molecule has 0 unspecified atom stereocenters. The molecule has 0 spiro atoms. The number of ether oxygens (including phenoxy) is 1. The zero-order valence-electron chi connectivity index (χ0n) is 16.0. The summed E-state index contributed by atoms with van der Waals surface area (Å²) < 4.78 is 5.36. The van der Waals surface area contributed by atoms with Crippen LogP contribution in [-0.2, 0) is 16.0 Å². The third-order valence-electron chi connectivity index (χ3n) is 5.23. The van der Waals surface area contributed by atoms with E-state index in [-0.39, 0.29) is 11.4 Å². The molecule has 3 aromatic rings. The number of para-hydroxylation sites is 1. The van der Waals surface area contributed by atoms with Crippen molar-refractivity contribution < 1.29 is 9.53 Å². The molecule has 0 amide bonds. The number of H-pyrrole nitrogens is 1. The van der Waals surface area contributed by atoms with Crippen molar-refractivity contribution in [3.8, 4) is 0 Å². The molecule has 0 saturated carbocycles. The highest BCUT2D eigenvalue weighted by Crippen LogP contribution is 2.33. The molecule has 4 nitrogen and oxygen atoms in total. The van der Waals surface area contributed by atoms with Crippen LogP contribution >= 0.6 is 0 Å². The fourth-order valence-corrected chi connectivity index (χ4v) is 3.96. The summed E-state index contributed by atoms with van der Waals surface area (Å²) >= 11 is 0. The lowest BCUT2D eigenvalue weighted by atomic mass is 9.85. The fourth-order valence-electron chi connectivity index (χ4n) is 3.96. The maximum absolute atomic E-state index is 13.5. The number of aromatic amines is 1. The molecule has 0 bridgehead atoms. The van der Waals surface area contributed by atoms with Gasteiger partial charge in [-0.3, -0.25) is 4.79 Å². The minimum absolute atomic E-state index is 0.0353. The van der Waals surface area contributed by atoms with Gasteiger partial charge in [0.05, 0.1) is 12.2 Å². The molecular formula is C24H23NO3. The van der Waals surface area contributed by atoms with Crippen LogP contribution in [0.5, 0.6) is 0 Å². The quantitative estimate of drug-likeness (QED) is 0.682. The Hall–Kier alpha value is -3.14. The number of pyridine rings is 1. The fraction of sp³-hybridized carbons (Fsp3) is 0.250. The number of rotatable bonds is 3. The second-order valence-electron chi connectivity index (χ2n) is 7.00. The van der Waals surface area contributed by atoms with Gasteiger partial charge in [-0.25, -0.2) is 4.79 Å². The van der Waals surface area contributed by atoms with E-state index in [0.29, 0.717) is 35.1 Å². The standard InChI is InChI=1S/C24H23NO3/c1-2-28-24(27)18-13-7-9-15-20-22(21(18)16-10-4-3-5-11-16)23(26)17-12-6-8-14-19(17)25-20/h3-6,8,10-12,14H,2,7,9,13,15H2,1H3,(H,25,26)/b21-18+. The number of aromatic nitrogens is 1. The average Bonchev–Trinajstić information content (AvgIpc) is 2.70. The van der Waals surface area contributed by atoms with Crippen molar-refractivity contribution in [3.63, 3.8) is 0 Å². The van der Waals surface area contributed by atoms with Crippen LogP contribution in [0, 0.1) is 0 Å². The molecular weight excluding hydrogens is 350 g/mol. The van der Waals surface area contributed by atoms with Gasteiger partial charge >= 0.3 is 5.97 Å². The molecule has 0 radical (unpaired) electrons. The third kappa shape index (κ3) is 3.26. The van der Waals surface area contributed by atoms with Crippen LogP contribution in [0.4, 0.5) is 0 Å². The molecule has 1 heterocycles. The van der Waals surface area contributed by atoms with Gasteiger partial charge in [0.1, 0.15) is 0 Å². The Balaban J connectivity index is 2.10. The van der Waals surface area contributed by atoms with E-state index in [9.17, 15) is 9.59 Å². The molecule has 142 valence electrons. The summed E-state index contributed by atoms with van der Waals surface area (Å²) in [5.41, 5.74) is 4.46. The van der Waals surface area contributed by atoms with Crippen LogP contribution in [0.25, 0.3) is 16.5 Å². The smallest absolute Gasteiger partial charge is 0.334 e. The van der Waals surface area contributed by atoms with Crippen molar-refractivity contribution in [3.05, 3.63) is 87.2 Å². The Morgan fingerprint density at radius 1 is 1.00 bits per heavy atom. The predicted octanol–water partition coefficient (Wildman–Crippen LogP) is 4.62. The highest BCUT2D eigenvalue weighted by atomic mass is 16.5. The van der Waals surface area contributed by atoms with E-state index in [0.717, 1.165) is 36.0 Å². The summed E-state index contributed by atoms with van der Waals surface area (Å²) in [6.07, 6.45) is 3.17. The Morgan fingerprint density at radius 2 is 1.71 bits per heavy atom. The van der Waals surface area contributed by atoms with Gasteiger partial charge in [0.15, 0.2) is 5.43 Å². The largest absolute Gasteiger partial charge is 0.463 e. The van der Waals surface area contributed by atoms with Crippen LogP contribution in [0.15, 0.2) is 65.0 Å². The number of carbonyl (C=O) groups excluding carboxylic acids is 1. The first-order valence-corrected chi connectivity index (χ1v) is 9.80. The van der Waals surface area contributed by atoms with E-state index in [2.05, 4.69) is 4.98 Å². The molecule has 1 aliphatic rings. The minimum atomic E-state index is -0.332. The Labute approximate surface area is 163 Å². The molecule has 1 aromatic heterocycles. The third-order valence-corrected chi connectivity index (χ3v) is 5.23.